The summed E-state index contributed by atoms with van der Waals surface area (Å²) < 4.78 is 0. The predicted octanol–water partition coefficient (Wildman–Crippen LogP) is 2.95. The first-order valence-corrected chi connectivity index (χ1v) is 9.27. The molecular formula is C23H21N3O4. The van der Waals surface area contributed by atoms with Gasteiger partial charge in [0.2, 0.25) is 5.91 Å². The molecule has 0 aromatic heterocycles. The molecule has 2 amide bonds. The van der Waals surface area contributed by atoms with Crippen molar-refractivity contribution in [3.63, 3.8) is 0 Å². The molecule has 1 atom stereocenters. The molecule has 0 heterocycles. The van der Waals surface area contributed by atoms with E-state index in [1.54, 1.807) is 24.3 Å². The van der Waals surface area contributed by atoms with Gasteiger partial charge in [0.25, 0.3) is 5.91 Å². The lowest BCUT2D eigenvalue weighted by atomic mass is 10.0. The maximum absolute atomic E-state index is 12.9. The summed E-state index contributed by atoms with van der Waals surface area (Å²) in [5.41, 5.74) is 8.04. The van der Waals surface area contributed by atoms with Crippen LogP contribution in [0, 0.1) is 0 Å². The first-order chi connectivity index (χ1) is 14.4. The molecule has 0 unspecified atom stereocenters. The van der Waals surface area contributed by atoms with Crippen molar-refractivity contribution in [2.75, 3.05) is 11.1 Å². The van der Waals surface area contributed by atoms with Gasteiger partial charge in [-0.3, -0.25) is 9.59 Å². The topological polar surface area (TPSA) is 122 Å². The van der Waals surface area contributed by atoms with Crippen LogP contribution in [-0.2, 0) is 11.2 Å². The highest BCUT2D eigenvalue weighted by Crippen LogP contribution is 2.13. The number of rotatable bonds is 7. The minimum absolute atomic E-state index is 0.0773. The summed E-state index contributed by atoms with van der Waals surface area (Å²) in [6, 6.07) is 20.7. The molecule has 3 aromatic rings. The van der Waals surface area contributed by atoms with Crippen molar-refractivity contribution in [1.29, 1.82) is 0 Å². The lowest BCUT2D eigenvalue weighted by molar-refractivity contribution is -0.118. The van der Waals surface area contributed by atoms with Crippen LogP contribution in [0.1, 0.15) is 26.3 Å². The second kappa shape index (κ2) is 9.38. The quantitative estimate of drug-likeness (QED) is 0.452. The molecule has 7 heteroatoms. The number of carbonyl (C=O) groups excluding carboxylic acids is 2. The van der Waals surface area contributed by atoms with Crippen LogP contribution in [0.25, 0.3) is 0 Å². The van der Waals surface area contributed by atoms with Gasteiger partial charge in [0.05, 0.1) is 5.56 Å². The SMILES string of the molecule is Nc1ccc(NC(=O)[C@H](Cc2ccccc2)NC(=O)c2ccc(C(=O)O)cc2)cc1. The lowest BCUT2D eigenvalue weighted by Gasteiger charge is -2.19. The van der Waals surface area contributed by atoms with Crippen molar-refractivity contribution in [2.45, 2.75) is 12.5 Å². The lowest BCUT2D eigenvalue weighted by Crippen LogP contribution is -2.45. The summed E-state index contributed by atoms with van der Waals surface area (Å²) in [6.45, 7) is 0. The van der Waals surface area contributed by atoms with E-state index in [0.717, 1.165) is 5.56 Å². The number of carbonyl (C=O) groups is 3. The maximum Gasteiger partial charge on any atom is 0.335 e. The van der Waals surface area contributed by atoms with E-state index in [1.165, 1.54) is 24.3 Å². The molecular weight excluding hydrogens is 382 g/mol. The summed E-state index contributed by atoms with van der Waals surface area (Å²) in [6.07, 6.45) is 0.292. The van der Waals surface area contributed by atoms with E-state index in [2.05, 4.69) is 10.6 Å². The Balaban J connectivity index is 1.77. The summed E-state index contributed by atoms with van der Waals surface area (Å²) in [7, 11) is 0. The van der Waals surface area contributed by atoms with Gasteiger partial charge >= 0.3 is 5.97 Å². The molecule has 0 saturated heterocycles. The number of nitrogen functional groups attached to an aromatic ring is 1. The van der Waals surface area contributed by atoms with Gasteiger partial charge in [-0.2, -0.15) is 0 Å². The number of nitrogens with one attached hydrogen (secondary N) is 2. The van der Waals surface area contributed by atoms with Gasteiger partial charge in [0.15, 0.2) is 0 Å². The molecule has 3 rings (SSSR count). The molecule has 30 heavy (non-hydrogen) atoms. The van der Waals surface area contributed by atoms with Gasteiger partial charge < -0.3 is 21.5 Å². The van der Waals surface area contributed by atoms with Crippen LogP contribution >= 0.6 is 0 Å². The van der Waals surface area contributed by atoms with Gasteiger partial charge in [0.1, 0.15) is 6.04 Å². The van der Waals surface area contributed by atoms with E-state index in [1.807, 2.05) is 30.3 Å². The predicted molar refractivity (Wildman–Crippen MR) is 114 cm³/mol. The normalized spacial score (nSPS) is 11.3. The van der Waals surface area contributed by atoms with Gasteiger partial charge in [-0.05, 0) is 54.1 Å². The largest absolute Gasteiger partial charge is 0.478 e. The number of benzene rings is 3. The molecule has 0 aliphatic carbocycles. The number of carboxylic acids is 1. The fourth-order valence-corrected chi connectivity index (χ4v) is 2.86. The van der Waals surface area contributed by atoms with Crippen LogP contribution in [0.4, 0.5) is 11.4 Å². The highest BCUT2D eigenvalue weighted by molar-refractivity contribution is 6.01. The number of anilines is 2. The van der Waals surface area contributed by atoms with E-state index in [0.29, 0.717) is 17.8 Å². The smallest absolute Gasteiger partial charge is 0.335 e. The van der Waals surface area contributed by atoms with Crippen molar-refractivity contribution in [1.82, 2.24) is 5.32 Å². The fraction of sp³-hybridized carbons (Fsp3) is 0.0870. The molecule has 152 valence electrons. The van der Waals surface area contributed by atoms with Crippen LogP contribution in [0.15, 0.2) is 78.9 Å². The first-order valence-electron chi connectivity index (χ1n) is 9.27. The number of hydrogen-bond acceptors (Lipinski definition) is 4. The van der Waals surface area contributed by atoms with E-state index in [9.17, 15) is 14.4 Å². The highest BCUT2D eigenvalue weighted by Gasteiger charge is 2.22. The Morgan fingerprint density at radius 2 is 1.43 bits per heavy atom. The number of carboxylic acid groups (broad SMARTS) is 1. The molecule has 0 fully saturated rings. The number of aromatic carboxylic acids is 1. The Labute approximate surface area is 173 Å². The average Bonchev–Trinajstić information content (AvgIpc) is 2.75. The summed E-state index contributed by atoms with van der Waals surface area (Å²) >= 11 is 0. The molecule has 5 N–H and O–H groups in total. The molecule has 0 spiro atoms. The van der Waals surface area contributed by atoms with Gasteiger partial charge in [-0.1, -0.05) is 30.3 Å². The van der Waals surface area contributed by atoms with Crippen LogP contribution in [0.2, 0.25) is 0 Å². The summed E-state index contributed by atoms with van der Waals surface area (Å²) in [5, 5.41) is 14.5. The minimum atomic E-state index is -1.08. The number of amides is 2. The van der Waals surface area contributed by atoms with E-state index >= 15 is 0 Å². The molecule has 0 radical (unpaired) electrons. The zero-order valence-corrected chi connectivity index (χ0v) is 16.0. The van der Waals surface area contributed by atoms with E-state index < -0.39 is 17.9 Å². The van der Waals surface area contributed by atoms with Crippen LogP contribution in [-0.4, -0.2) is 28.9 Å². The van der Waals surface area contributed by atoms with Crippen LogP contribution in [0.5, 0.6) is 0 Å². The Morgan fingerprint density at radius 1 is 0.833 bits per heavy atom. The molecule has 0 saturated carbocycles. The molecule has 0 aliphatic rings. The standard InChI is InChI=1S/C23H21N3O4/c24-18-10-12-19(13-11-18)25-22(28)20(14-15-4-2-1-3-5-15)26-21(27)16-6-8-17(9-7-16)23(29)30/h1-13,20H,14,24H2,(H,25,28)(H,26,27)(H,29,30)/t20-/m0/s1. The molecule has 3 aromatic carbocycles. The van der Waals surface area contributed by atoms with Crippen molar-refractivity contribution >= 4 is 29.2 Å². The van der Waals surface area contributed by atoms with Crippen LogP contribution in [0.3, 0.4) is 0 Å². The van der Waals surface area contributed by atoms with Crippen molar-refractivity contribution in [3.05, 3.63) is 95.6 Å². The van der Waals surface area contributed by atoms with Gasteiger partial charge in [-0.15, -0.1) is 0 Å². The van der Waals surface area contributed by atoms with Crippen molar-refractivity contribution in [3.8, 4) is 0 Å². The third-order valence-electron chi connectivity index (χ3n) is 4.48. The monoisotopic (exact) mass is 403 g/mol. The Bertz CT molecular complexity index is 1030. The second-order valence-corrected chi connectivity index (χ2v) is 6.71. The first kappa shape index (κ1) is 20.6. The second-order valence-electron chi connectivity index (χ2n) is 6.71. The molecule has 7 nitrogen and oxygen atoms in total. The Hall–Kier alpha value is -4.13. The Kier molecular flexibility index (Phi) is 6.44. The minimum Gasteiger partial charge on any atom is -0.478 e. The summed E-state index contributed by atoms with van der Waals surface area (Å²) in [5.74, 6) is -1.92. The average molecular weight is 403 g/mol. The zero-order chi connectivity index (χ0) is 21.5. The van der Waals surface area contributed by atoms with Gasteiger partial charge in [0, 0.05) is 23.4 Å². The number of hydrogen-bond donors (Lipinski definition) is 4. The fourth-order valence-electron chi connectivity index (χ4n) is 2.86. The van der Waals surface area contributed by atoms with E-state index in [4.69, 9.17) is 10.8 Å². The molecule has 0 bridgehead atoms. The maximum atomic E-state index is 12.9. The van der Waals surface area contributed by atoms with Crippen molar-refractivity contribution < 1.29 is 19.5 Å². The van der Waals surface area contributed by atoms with Crippen LogP contribution < -0.4 is 16.4 Å². The Morgan fingerprint density at radius 3 is 2.03 bits per heavy atom. The summed E-state index contributed by atoms with van der Waals surface area (Å²) in [4.78, 5) is 36.5. The van der Waals surface area contributed by atoms with E-state index in [-0.39, 0.29) is 17.0 Å². The third kappa shape index (κ3) is 5.45. The zero-order valence-electron chi connectivity index (χ0n) is 16.0. The van der Waals surface area contributed by atoms with Crippen molar-refractivity contribution in [2.24, 2.45) is 0 Å². The third-order valence-corrected chi connectivity index (χ3v) is 4.48. The highest BCUT2D eigenvalue weighted by atomic mass is 16.4. The van der Waals surface area contributed by atoms with Gasteiger partial charge in [-0.25, -0.2) is 4.79 Å². The number of nitrogens with two attached hydrogens (primary N) is 1. The molecule has 0 aliphatic heterocycles.